The van der Waals surface area contributed by atoms with Gasteiger partial charge in [-0.25, -0.2) is 0 Å². The van der Waals surface area contributed by atoms with Crippen LogP contribution in [-0.2, 0) is 49.1 Å². The highest BCUT2D eigenvalue weighted by Crippen LogP contribution is 2.53. The van der Waals surface area contributed by atoms with Crippen LogP contribution < -0.4 is 27.1 Å². The molecule has 0 aliphatic carbocycles. The van der Waals surface area contributed by atoms with E-state index in [-0.39, 0.29) is 28.1 Å². The molecule has 3 atom stereocenters. The van der Waals surface area contributed by atoms with Crippen molar-refractivity contribution in [2.45, 2.75) is 474 Å². The normalized spacial score (nSPS) is 12.8. The molecule has 0 saturated carbocycles. The third-order valence-corrected chi connectivity index (χ3v) is 28.3. The number of hydrogen-bond donors (Lipinski definition) is 0. The second-order valence-corrected chi connectivity index (χ2v) is 43.0. The minimum atomic E-state index is -1.97. The molecule has 0 saturated heterocycles. The van der Waals surface area contributed by atoms with Crippen molar-refractivity contribution >= 4 is 25.8 Å². The predicted molar refractivity (Wildman–Crippen MR) is 539 cm³/mol. The van der Waals surface area contributed by atoms with Gasteiger partial charge in [-0.05, 0) is 212 Å². The van der Waals surface area contributed by atoms with Crippen molar-refractivity contribution in [3.63, 3.8) is 0 Å². The van der Waals surface area contributed by atoms with Gasteiger partial charge in [-0.3, -0.25) is 4.52 Å². The van der Waals surface area contributed by atoms with Gasteiger partial charge in [0.2, 0.25) is 0 Å². The predicted octanol–water partition coefficient (Wildman–Crippen LogP) is 38.2. The van der Waals surface area contributed by atoms with Crippen LogP contribution in [0.4, 0.5) is 0 Å². The molecule has 0 amide bonds. The molecule has 3 unspecified atom stereocenters. The molecule has 6 aromatic carbocycles. The molecule has 0 fully saturated rings. The van der Waals surface area contributed by atoms with Gasteiger partial charge in [0.25, 0.3) is 0 Å². The van der Waals surface area contributed by atoms with E-state index >= 15 is 0 Å². The number of rotatable bonds is 71. The highest BCUT2D eigenvalue weighted by molar-refractivity contribution is 7.43. The molecule has 0 radical (unpaired) electrons. The van der Waals surface area contributed by atoms with E-state index in [4.69, 9.17) is 40.7 Å². The zero-order valence-electron chi connectivity index (χ0n) is 82.8. The Kier molecular flexibility index (Phi) is 54.5. The van der Waals surface area contributed by atoms with E-state index in [1.807, 2.05) is 0 Å². The number of benzene rings is 6. The lowest BCUT2D eigenvalue weighted by molar-refractivity contribution is 0.197. The van der Waals surface area contributed by atoms with Gasteiger partial charge < -0.3 is 36.2 Å². The fourth-order valence-corrected chi connectivity index (χ4v) is 20.2. The lowest BCUT2D eigenvalue weighted by Crippen LogP contribution is -2.19. The Morgan fingerprint density at radius 2 is 0.476 bits per heavy atom. The SMILES string of the molecule is CCCCCCCCCCOP(OCCCCCCCCCC)Oc1cc(C)c(C(CC(C)c2cc(C(C)(C)C)c(OP(Oc3ccc(CCCCCCCCC)cc3)Oc3ccc(CCCCCCCCC)cc3)cc2C)c2cc(C(C)(C)C)c(OP(OCCCCCCCCCC)Oc3ccc(CCCCCCCCC)cc3)cc2C)cc1C(C)(C)C. The van der Waals surface area contributed by atoms with Crippen molar-refractivity contribution in [1.29, 1.82) is 0 Å². The van der Waals surface area contributed by atoms with E-state index in [2.05, 4.69) is 241 Å². The Hall–Kier alpha value is -4.71. The van der Waals surface area contributed by atoms with Crippen molar-refractivity contribution in [2.75, 3.05) is 19.8 Å². The van der Waals surface area contributed by atoms with Crippen LogP contribution in [0.15, 0.2) is 109 Å². The quantitative estimate of drug-likeness (QED) is 0.0274. The van der Waals surface area contributed by atoms with Gasteiger partial charge in [0.1, 0.15) is 34.5 Å². The molecule has 0 spiro atoms. The van der Waals surface area contributed by atoms with Gasteiger partial charge in [-0.1, -0.05) is 416 Å². The van der Waals surface area contributed by atoms with Gasteiger partial charge >= 0.3 is 25.8 Å². The smallest absolute Gasteiger partial charge is 0.426 e. The summed E-state index contributed by atoms with van der Waals surface area (Å²) in [4.78, 5) is 0. The summed E-state index contributed by atoms with van der Waals surface area (Å²) in [6.45, 7) is 45.8. The lowest BCUT2D eigenvalue weighted by atomic mass is 9.74. The Balaban J connectivity index is 1.44. The van der Waals surface area contributed by atoms with Gasteiger partial charge in [-0.15, -0.1) is 0 Å². The molecular formula is C112H181O9P3. The summed E-state index contributed by atoms with van der Waals surface area (Å²) in [5.41, 5.74) is 13.8. The fourth-order valence-electron chi connectivity index (χ4n) is 17.1. The first-order valence-corrected chi connectivity index (χ1v) is 54.3. The van der Waals surface area contributed by atoms with Crippen LogP contribution in [0.5, 0.6) is 34.5 Å². The van der Waals surface area contributed by atoms with E-state index in [9.17, 15) is 0 Å². The van der Waals surface area contributed by atoms with Crippen molar-refractivity contribution in [2.24, 2.45) is 0 Å². The molecule has 0 bridgehead atoms. The molecule has 124 heavy (non-hydrogen) atoms. The third-order valence-electron chi connectivity index (χ3n) is 25.0. The molecular weight excluding hydrogens is 1580 g/mol. The van der Waals surface area contributed by atoms with Crippen LogP contribution in [0.25, 0.3) is 0 Å². The van der Waals surface area contributed by atoms with Gasteiger partial charge in [-0.2, -0.15) is 0 Å². The van der Waals surface area contributed by atoms with E-state index in [1.54, 1.807) is 0 Å². The number of aryl methyl sites for hydroxylation is 6. The highest BCUT2D eigenvalue weighted by Gasteiger charge is 2.35. The van der Waals surface area contributed by atoms with Crippen LogP contribution in [0.3, 0.4) is 0 Å². The molecule has 12 heteroatoms. The van der Waals surface area contributed by atoms with Crippen LogP contribution in [0.1, 0.15) is 485 Å². The molecule has 0 N–H and O–H groups in total. The Morgan fingerprint density at radius 1 is 0.250 bits per heavy atom. The monoisotopic (exact) mass is 1760 g/mol. The highest BCUT2D eigenvalue weighted by atomic mass is 31.2. The van der Waals surface area contributed by atoms with Crippen molar-refractivity contribution in [3.05, 3.63) is 176 Å². The van der Waals surface area contributed by atoms with Crippen LogP contribution in [-0.4, -0.2) is 19.8 Å². The maximum atomic E-state index is 7.32. The summed E-state index contributed by atoms with van der Waals surface area (Å²) >= 11 is 0. The first-order chi connectivity index (χ1) is 59.9. The Labute approximate surface area is 766 Å². The summed E-state index contributed by atoms with van der Waals surface area (Å²) in [6, 6.07) is 40.5. The van der Waals surface area contributed by atoms with E-state index in [0.29, 0.717) is 19.8 Å². The minimum absolute atomic E-state index is 0.0688. The maximum absolute atomic E-state index is 7.32. The van der Waals surface area contributed by atoms with Crippen molar-refractivity contribution in [3.8, 4) is 34.5 Å². The summed E-state index contributed by atoms with van der Waals surface area (Å²) in [5, 5.41) is 0. The summed E-state index contributed by atoms with van der Waals surface area (Å²) < 4.78 is 63.2. The van der Waals surface area contributed by atoms with Crippen molar-refractivity contribution < 1.29 is 40.7 Å². The average Bonchev–Trinajstić information content (AvgIpc) is 0.761. The molecule has 0 aliphatic rings. The third kappa shape index (κ3) is 43.3. The van der Waals surface area contributed by atoms with Crippen molar-refractivity contribution in [1.82, 2.24) is 0 Å². The molecule has 0 aliphatic heterocycles. The molecule has 698 valence electrons. The summed E-state index contributed by atoms with van der Waals surface area (Å²) in [6.07, 6.45) is 60.8. The second-order valence-electron chi connectivity index (χ2n) is 39.7. The number of unbranched alkanes of at least 4 members (excludes halogenated alkanes) is 39. The number of hydrogen-bond acceptors (Lipinski definition) is 9. The van der Waals surface area contributed by atoms with E-state index < -0.39 is 25.8 Å². The first kappa shape index (κ1) is 108. The fraction of sp³-hybridized carbons (Fsp3) is 0.679. The van der Waals surface area contributed by atoms with Crippen LogP contribution in [0, 0.1) is 20.8 Å². The van der Waals surface area contributed by atoms with Gasteiger partial charge in [0.05, 0.1) is 19.8 Å². The molecule has 0 heterocycles. The first-order valence-electron chi connectivity index (χ1n) is 51.0. The lowest BCUT2D eigenvalue weighted by Gasteiger charge is -2.33. The average molecular weight is 1760 g/mol. The minimum Gasteiger partial charge on any atom is -0.426 e. The van der Waals surface area contributed by atoms with Crippen LogP contribution in [0.2, 0.25) is 0 Å². The molecule has 9 nitrogen and oxygen atoms in total. The molecule has 6 rings (SSSR count). The topological polar surface area (TPSA) is 83.1 Å². The Morgan fingerprint density at radius 3 is 0.758 bits per heavy atom. The molecule has 0 aromatic heterocycles. The summed E-state index contributed by atoms with van der Waals surface area (Å²) in [5.74, 6) is 4.69. The maximum Gasteiger partial charge on any atom is 0.530 e. The van der Waals surface area contributed by atoms with Gasteiger partial charge in [0.15, 0.2) is 0 Å². The standard InChI is InChI=1S/C112H181O9P3/c1-20-26-32-38-44-50-56-62-80-113-122(114-81-63-57-51-45-39-33-27-21-2)119-107-85-92(9)101(88-105(107)111(14,15)16)103(102-89-106(112(17,18)19)108(86-93(102)10)120-123(115-82-64-58-52-46-40-34-28-22-3)116-97-74-68-94(69-75-97)65-59-53-47-41-35-29-23-4)83-90(7)100-87-104(110(11,12)13)109(84-91(100)8)121-124(117-98-76-70-95(71-77-98)66-60-54-48-42-36-30-24-5)118-99-78-72-96(73-79-99)67-61-55-49-43-37-31-25-6/h68-79,84-90,103H,20-67,80-83H2,1-19H3. The van der Waals surface area contributed by atoms with E-state index in [0.717, 1.165) is 127 Å². The Bertz CT molecular complexity index is 3640. The summed E-state index contributed by atoms with van der Waals surface area (Å²) in [7, 11) is -5.49. The van der Waals surface area contributed by atoms with Crippen LogP contribution >= 0.6 is 25.8 Å². The zero-order valence-corrected chi connectivity index (χ0v) is 85.5. The zero-order chi connectivity index (χ0) is 89.6. The van der Waals surface area contributed by atoms with E-state index in [1.165, 1.54) is 289 Å². The second kappa shape index (κ2) is 62.6. The molecule has 6 aromatic rings. The van der Waals surface area contributed by atoms with Gasteiger partial charge in [0, 0.05) is 22.6 Å². The largest absolute Gasteiger partial charge is 0.530 e.